The molecular formula is C15H18BrNO4. The van der Waals surface area contributed by atoms with Crippen LogP contribution in [0.3, 0.4) is 0 Å². The lowest BCUT2D eigenvalue weighted by Gasteiger charge is -2.14. The highest BCUT2D eigenvalue weighted by molar-refractivity contribution is 9.10. The van der Waals surface area contributed by atoms with E-state index in [1.54, 1.807) is 0 Å². The summed E-state index contributed by atoms with van der Waals surface area (Å²) in [5, 5.41) is 11.7. The largest absolute Gasteiger partial charge is 0.480 e. The Morgan fingerprint density at radius 3 is 2.90 bits per heavy atom. The molecule has 2 rings (SSSR count). The van der Waals surface area contributed by atoms with E-state index in [2.05, 4.69) is 21.2 Å². The molecule has 0 heterocycles. The Labute approximate surface area is 131 Å². The van der Waals surface area contributed by atoms with Gasteiger partial charge in [-0.25, -0.2) is 4.79 Å². The highest BCUT2D eigenvalue weighted by Crippen LogP contribution is 2.48. The van der Waals surface area contributed by atoms with Gasteiger partial charge in [-0.3, -0.25) is 4.79 Å². The van der Waals surface area contributed by atoms with Gasteiger partial charge < -0.3 is 15.2 Å². The fraction of sp³-hybridized carbons (Fsp3) is 0.467. The van der Waals surface area contributed by atoms with Gasteiger partial charge >= 0.3 is 5.97 Å². The lowest BCUT2D eigenvalue weighted by molar-refractivity contribution is -0.142. The number of carbonyl (C=O) groups excluding carboxylic acids is 1. The van der Waals surface area contributed by atoms with E-state index in [1.165, 1.54) is 7.11 Å². The van der Waals surface area contributed by atoms with Gasteiger partial charge in [0.15, 0.2) is 0 Å². The Kier molecular flexibility index (Phi) is 5.36. The molecule has 114 valence electrons. The summed E-state index contributed by atoms with van der Waals surface area (Å²) in [6.07, 6.45) is 1.03. The van der Waals surface area contributed by atoms with E-state index in [0.717, 1.165) is 16.5 Å². The molecule has 3 unspecified atom stereocenters. The van der Waals surface area contributed by atoms with Crippen LogP contribution in [0.2, 0.25) is 0 Å². The Morgan fingerprint density at radius 1 is 1.52 bits per heavy atom. The number of nitrogens with one attached hydrogen (secondary N) is 1. The summed E-state index contributed by atoms with van der Waals surface area (Å²) >= 11 is 3.41. The van der Waals surface area contributed by atoms with Crippen LogP contribution < -0.4 is 5.32 Å². The third kappa shape index (κ3) is 4.28. The molecule has 6 heteroatoms. The monoisotopic (exact) mass is 355 g/mol. The number of benzene rings is 1. The van der Waals surface area contributed by atoms with E-state index in [9.17, 15) is 9.59 Å². The predicted octanol–water partition coefficient (Wildman–Crippen LogP) is 2.16. The van der Waals surface area contributed by atoms with Crippen molar-refractivity contribution in [3.8, 4) is 0 Å². The Morgan fingerprint density at radius 2 is 2.29 bits per heavy atom. The maximum Gasteiger partial charge on any atom is 0.326 e. The van der Waals surface area contributed by atoms with E-state index in [4.69, 9.17) is 9.84 Å². The van der Waals surface area contributed by atoms with Crippen molar-refractivity contribution in [1.82, 2.24) is 5.32 Å². The van der Waals surface area contributed by atoms with Crippen molar-refractivity contribution in [3.63, 3.8) is 0 Å². The molecule has 0 radical (unpaired) electrons. The minimum atomic E-state index is -1.03. The summed E-state index contributed by atoms with van der Waals surface area (Å²) in [5.74, 6) is -1.17. The van der Waals surface area contributed by atoms with Crippen LogP contribution in [0.5, 0.6) is 0 Å². The van der Waals surface area contributed by atoms with Crippen molar-refractivity contribution >= 4 is 27.8 Å². The number of ether oxygens (including phenoxy) is 1. The number of amides is 1. The van der Waals surface area contributed by atoms with Crippen LogP contribution in [0.1, 0.15) is 24.3 Å². The molecular weight excluding hydrogens is 338 g/mol. The molecule has 1 amide bonds. The molecule has 5 nitrogen and oxygen atoms in total. The van der Waals surface area contributed by atoms with E-state index in [0.29, 0.717) is 6.61 Å². The number of aliphatic carboxylic acids is 1. The summed E-state index contributed by atoms with van der Waals surface area (Å²) in [4.78, 5) is 23.2. The summed E-state index contributed by atoms with van der Waals surface area (Å²) in [5.41, 5.74) is 1.10. The highest BCUT2D eigenvalue weighted by Gasteiger charge is 2.44. The first-order chi connectivity index (χ1) is 10.0. The Balaban J connectivity index is 1.91. The van der Waals surface area contributed by atoms with Crippen molar-refractivity contribution < 1.29 is 19.4 Å². The first-order valence-corrected chi connectivity index (χ1v) is 7.59. The van der Waals surface area contributed by atoms with Crippen LogP contribution in [-0.2, 0) is 14.3 Å². The van der Waals surface area contributed by atoms with E-state index < -0.39 is 12.0 Å². The van der Waals surface area contributed by atoms with Crippen molar-refractivity contribution in [2.45, 2.75) is 24.8 Å². The van der Waals surface area contributed by atoms with Crippen molar-refractivity contribution in [1.29, 1.82) is 0 Å². The minimum absolute atomic E-state index is 0.135. The van der Waals surface area contributed by atoms with E-state index >= 15 is 0 Å². The molecule has 1 fully saturated rings. The van der Waals surface area contributed by atoms with Gasteiger partial charge in [0.05, 0.1) is 0 Å². The predicted molar refractivity (Wildman–Crippen MR) is 81.0 cm³/mol. The smallest absolute Gasteiger partial charge is 0.326 e. The molecule has 2 N–H and O–H groups in total. The second-order valence-corrected chi connectivity index (χ2v) is 6.10. The fourth-order valence-corrected chi connectivity index (χ4v) is 2.78. The van der Waals surface area contributed by atoms with Gasteiger partial charge in [0.1, 0.15) is 6.04 Å². The molecule has 1 aliphatic rings. The van der Waals surface area contributed by atoms with Gasteiger partial charge in [0.25, 0.3) is 0 Å². The molecule has 0 aliphatic heterocycles. The average Bonchev–Trinajstić information content (AvgIpc) is 3.23. The summed E-state index contributed by atoms with van der Waals surface area (Å²) < 4.78 is 5.85. The molecule has 21 heavy (non-hydrogen) atoms. The topological polar surface area (TPSA) is 75.6 Å². The Bertz CT molecular complexity index is 534. The van der Waals surface area contributed by atoms with Crippen LogP contribution in [0.4, 0.5) is 0 Å². The number of rotatable bonds is 7. The lowest BCUT2D eigenvalue weighted by Crippen LogP contribution is -2.42. The number of hydrogen-bond donors (Lipinski definition) is 2. The number of carboxylic acids is 1. The lowest BCUT2D eigenvalue weighted by atomic mass is 10.1. The quantitative estimate of drug-likeness (QED) is 0.785. The van der Waals surface area contributed by atoms with E-state index in [1.807, 2.05) is 24.3 Å². The molecule has 0 saturated heterocycles. The van der Waals surface area contributed by atoms with Crippen LogP contribution in [-0.4, -0.2) is 36.7 Å². The zero-order chi connectivity index (χ0) is 15.4. The highest BCUT2D eigenvalue weighted by atomic mass is 79.9. The molecule has 0 bridgehead atoms. The number of carbonyl (C=O) groups is 2. The van der Waals surface area contributed by atoms with Crippen molar-refractivity contribution in [3.05, 3.63) is 34.3 Å². The van der Waals surface area contributed by atoms with Gasteiger partial charge in [-0.15, -0.1) is 0 Å². The Hall–Kier alpha value is -1.40. The SMILES string of the molecule is COCCC(NC(=O)C1CC1c1cccc(Br)c1)C(=O)O. The summed E-state index contributed by atoms with van der Waals surface area (Å²) in [7, 11) is 1.50. The maximum atomic E-state index is 12.1. The zero-order valence-electron chi connectivity index (χ0n) is 11.7. The van der Waals surface area contributed by atoms with E-state index in [-0.39, 0.29) is 24.2 Å². The first-order valence-electron chi connectivity index (χ1n) is 6.80. The van der Waals surface area contributed by atoms with Crippen LogP contribution in [0.15, 0.2) is 28.7 Å². The molecule has 0 aromatic heterocycles. The summed E-state index contributed by atoms with van der Waals surface area (Å²) in [6.45, 7) is 0.303. The zero-order valence-corrected chi connectivity index (χ0v) is 13.3. The third-order valence-corrected chi connectivity index (χ3v) is 4.12. The summed E-state index contributed by atoms with van der Waals surface area (Å²) in [6, 6.07) is 6.97. The maximum absolute atomic E-state index is 12.1. The van der Waals surface area contributed by atoms with Gasteiger partial charge in [0.2, 0.25) is 5.91 Å². The van der Waals surface area contributed by atoms with Crippen molar-refractivity contribution in [2.75, 3.05) is 13.7 Å². The van der Waals surface area contributed by atoms with Gasteiger partial charge in [-0.1, -0.05) is 28.1 Å². The standard InChI is InChI=1S/C15H18BrNO4/c1-21-6-5-13(15(19)20)17-14(18)12-8-11(12)9-3-2-4-10(16)7-9/h2-4,7,11-13H,5-6,8H2,1H3,(H,17,18)(H,19,20). The molecule has 0 spiro atoms. The molecule has 1 saturated carbocycles. The van der Waals surface area contributed by atoms with Crippen LogP contribution in [0, 0.1) is 5.92 Å². The molecule has 1 aliphatic carbocycles. The van der Waals surface area contributed by atoms with Crippen LogP contribution in [0.25, 0.3) is 0 Å². The third-order valence-electron chi connectivity index (χ3n) is 3.63. The molecule has 3 atom stereocenters. The van der Waals surface area contributed by atoms with Gasteiger partial charge in [0, 0.05) is 30.5 Å². The average molecular weight is 356 g/mol. The molecule has 1 aromatic rings. The number of methoxy groups -OCH3 is 1. The van der Waals surface area contributed by atoms with Gasteiger partial charge in [-0.2, -0.15) is 0 Å². The number of carboxylic acid groups (broad SMARTS) is 1. The van der Waals surface area contributed by atoms with Gasteiger partial charge in [-0.05, 0) is 30.0 Å². The second kappa shape index (κ2) is 7.04. The molecule has 1 aromatic carbocycles. The second-order valence-electron chi connectivity index (χ2n) is 5.18. The normalized spacial score (nSPS) is 21.6. The number of hydrogen-bond acceptors (Lipinski definition) is 3. The first kappa shape index (κ1) is 16.0. The number of halogens is 1. The van der Waals surface area contributed by atoms with Crippen molar-refractivity contribution in [2.24, 2.45) is 5.92 Å². The van der Waals surface area contributed by atoms with Crippen LogP contribution >= 0.6 is 15.9 Å². The fourth-order valence-electron chi connectivity index (χ4n) is 2.36. The minimum Gasteiger partial charge on any atom is -0.480 e.